The minimum atomic E-state index is -0.201. The molecule has 0 aliphatic carbocycles. The number of amides is 1. The van der Waals surface area contributed by atoms with E-state index in [1.54, 1.807) is 50.5 Å². The third-order valence-electron chi connectivity index (χ3n) is 5.26. The Morgan fingerprint density at radius 1 is 1.06 bits per heavy atom. The Kier molecular flexibility index (Phi) is 6.96. The number of carbonyl (C=O) groups is 1. The first kappa shape index (κ1) is 22.2. The fourth-order valence-corrected chi connectivity index (χ4v) is 4.66. The highest BCUT2D eigenvalue weighted by molar-refractivity contribution is 7.22. The van der Waals surface area contributed by atoms with Gasteiger partial charge in [-0.2, -0.15) is 0 Å². The van der Waals surface area contributed by atoms with Gasteiger partial charge in [-0.3, -0.25) is 9.69 Å². The van der Waals surface area contributed by atoms with Crippen molar-refractivity contribution < 1.29 is 28.5 Å². The standard InChI is InChI=1S/C23H26N2O6S/c1-27-15-6-8-16(9-7-15)31-14-20(26)25(13-17-5-4-12-30-17)23-24-21-18(28-2)10-11-19(29-3)22(21)32-23/h6-11,17H,4-5,12-14H2,1-3H3. The molecule has 1 unspecified atom stereocenters. The zero-order valence-corrected chi connectivity index (χ0v) is 19.1. The van der Waals surface area contributed by atoms with Gasteiger partial charge in [-0.25, -0.2) is 4.98 Å². The summed E-state index contributed by atoms with van der Waals surface area (Å²) < 4.78 is 28.5. The summed E-state index contributed by atoms with van der Waals surface area (Å²) in [4.78, 5) is 19.6. The second-order valence-corrected chi connectivity index (χ2v) is 8.23. The number of aromatic nitrogens is 1. The molecular weight excluding hydrogens is 432 g/mol. The number of anilines is 1. The Labute approximate surface area is 190 Å². The molecule has 1 amide bonds. The van der Waals surface area contributed by atoms with Crippen molar-refractivity contribution in [3.05, 3.63) is 36.4 Å². The summed E-state index contributed by atoms with van der Waals surface area (Å²) in [5, 5.41) is 0.557. The van der Waals surface area contributed by atoms with Crippen LogP contribution in [0.1, 0.15) is 12.8 Å². The minimum Gasteiger partial charge on any atom is -0.497 e. The predicted molar refractivity (Wildman–Crippen MR) is 123 cm³/mol. The molecule has 4 rings (SSSR count). The number of hydrogen-bond acceptors (Lipinski definition) is 8. The summed E-state index contributed by atoms with van der Waals surface area (Å²) in [6.45, 7) is 0.995. The Balaban J connectivity index is 1.60. The van der Waals surface area contributed by atoms with E-state index in [0.717, 1.165) is 23.3 Å². The van der Waals surface area contributed by atoms with E-state index < -0.39 is 0 Å². The van der Waals surface area contributed by atoms with E-state index in [4.69, 9.17) is 28.7 Å². The van der Waals surface area contributed by atoms with Gasteiger partial charge in [0.1, 0.15) is 33.2 Å². The van der Waals surface area contributed by atoms with Crippen LogP contribution < -0.4 is 23.8 Å². The monoisotopic (exact) mass is 458 g/mol. The van der Waals surface area contributed by atoms with Crippen LogP contribution in [0.2, 0.25) is 0 Å². The number of methoxy groups -OCH3 is 3. The van der Waals surface area contributed by atoms with Crippen LogP contribution >= 0.6 is 11.3 Å². The van der Waals surface area contributed by atoms with Crippen LogP contribution in [0.25, 0.3) is 10.2 Å². The third-order valence-corrected chi connectivity index (χ3v) is 6.36. The van der Waals surface area contributed by atoms with Gasteiger partial charge in [-0.05, 0) is 49.2 Å². The molecule has 1 aromatic heterocycles. The first-order valence-corrected chi connectivity index (χ1v) is 11.1. The van der Waals surface area contributed by atoms with Crippen LogP contribution in [0.3, 0.4) is 0 Å². The lowest BCUT2D eigenvalue weighted by atomic mass is 10.2. The van der Waals surface area contributed by atoms with Crippen molar-refractivity contribution >= 4 is 32.6 Å². The molecule has 0 saturated carbocycles. The Bertz CT molecular complexity index is 1020. The topological polar surface area (TPSA) is 79.4 Å². The van der Waals surface area contributed by atoms with Crippen LogP contribution in [-0.2, 0) is 9.53 Å². The quantitative estimate of drug-likeness (QED) is 0.481. The summed E-state index contributed by atoms with van der Waals surface area (Å²) in [6, 6.07) is 10.8. The molecule has 0 radical (unpaired) electrons. The molecule has 170 valence electrons. The Hall–Kier alpha value is -3.04. The first-order valence-electron chi connectivity index (χ1n) is 10.3. The van der Waals surface area contributed by atoms with Crippen molar-refractivity contribution in [1.82, 2.24) is 4.98 Å². The van der Waals surface area contributed by atoms with Crippen molar-refractivity contribution in [2.45, 2.75) is 18.9 Å². The molecule has 1 aliphatic rings. The van der Waals surface area contributed by atoms with Gasteiger partial charge in [-0.1, -0.05) is 11.3 Å². The lowest BCUT2D eigenvalue weighted by molar-refractivity contribution is -0.120. The highest BCUT2D eigenvalue weighted by Gasteiger charge is 2.27. The Morgan fingerprint density at radius 3 is 2.44 bits per heavy atom. The number of nitrogens with zero attached hydrogens (tertiary/aromatic N) is 2. The highest BCUT2D eigenvalue weighted by atomic mass is 32.1. The lowest BCUT2D eigenvalue weighted by Gasteiger charge is -2.23. The highest BCUT2D eigenvalue weighted by Crippen LogP contribution is 2.40. The van der Waals surface area contributed by atoms with Gasteiger partial charge in [0.25, 0.3) is 5.91 Å². The summed E-state index contributed by atoms with van der Waals surface area (Å²) in [5.41, 5.74) is 0.660. The summed E-state index contributed by atoms with van der Waals surface area (Å²) in [5.74, 6) is 2.42. The molecule has 0 spiro atoms. The number of ether oxygens (including phenoxy) is 5. The summed E-state index contributed by atoms with van der Waals surface area (Å²) >= 11 is 1.39. The van der Waals surface area contributed by atoms with Gasteiger partial charge in [0.15, 0.2) is 11.7 Å². The maximum atomic E-state index is 13.2. The van der Waals surface area contributed by atoms with E-state index in [2.05, 4.69) is 0 Å². The molecule has 1 aliphatic heterocycles. The minimum absolute atomic E-state index is 0.0317. The zero-order valence-electron chi connectivity index (χ0n) is 18.3. The number of fused-ring (bicyclic) bond motifs is 1. The van der Waals surface area contributed by atoms with Gasteiger partial charge in [0.05, 0.1) is 34.0 Å². The first-order chi connectivity index (χ1) is 15.6. The molecule has 8 nitrogen and oxygen atoms in total. The number of rotatable bonds is 9. The summed E-state index contributed by atoms with van der Waals surface area (Å²) in [6.07, 6.45) is 1.85. The molecular formula is C23H26N2O6S. The van der Waals surface area contributed by atoms with Crippen LogP contribution in [0.5, 0.6) is 23.0 Å². The van der Waals surface area contributed by atoms with Gasteiger partial charge >= 0.3 is 0 Å². The van der Waals surface area contributed by atoms with Crippen LogP contribution in [-0.4, -0.2) is 58.1 Å². The van der Waals surface area contributed by atoms with Gasteiger partial charge in [0, 0.05) is 6.61 Å². The number of carbonyl (C=O) groups excluding carboxylic acids is 1. The normalized spacial score (nSPS) is 15.5. The second-order valence-electron chi connectivity index (χ2n) is 7.25. The molecule has 3 aromatic rings. The Morgan fingerprint density at radius 2 is 1.78 bits per heavy atom. The van der Waals surface area contributed by atoms with Crippen molar-refractivity contribution in [3.63, 3.8) is 0 Å². The van der Waals surface area contributed by atoms with Crippen LogP contribution in [0.15, 0.2) is 36.4 Å². The molecule has 0 N–H and O–H groups in total. The van der Waals surface area contributed by atoms with E-state index >= 15 is 0 Å². The van der Waals surface area contributed by atoms with E-state index in [0.29, 0.717) is 41.0 Å². The van der Waals surface area contributed by atoms with E-state index in [1.165, 1.54) is 11.3 Å². The zero-order chi connectivity index (χ0) is 22.5. The number of benzene rings is 2. The third kappa shape index (κ3) is 4.73. The molecule has 2 heterocycles. The van der Waals surface area contributed by atoms with Gasteiger partial charge in [0.2, 0.25) is 0 Å². The average Bonchev–Trinajstić information content (AvgIpc) is 3.50. The van der Waals surface area contributed by atoms with Crippen molar-refractivity contribution in [2.24, 2.45) is 0 Å². The predicted octanol–water partition coefficient (Wildman–Crippen LogP) is 3.91. The smallest absolute Gasteiger partial charge is 0.266 e. The maximum Gasteiger partial charge on any atom is 0.266 e. The van der Waals surface area contributed by atoms with Crippen LogP contribution in [0, 0.1) is 0 Å². The fraction of sp³-hybridized carbons (Fsp3) is 0.391. The van der Waals surface area contributed by atoms with E-state index in [-0.39, 0.29) is 18.6 Å². The van der Waals surface area contributed by atoms with Gasteiger partial charge in [-0.15, -0.1) is 0 Å². The second kappa shape index (κ2) is 10.1. The van der Waals surface area contributed by atoms with Crippen molar-refractivity contribution in [3.8, 4) is 23.0 Å². The molecule has 32 heavy (non-hydrogen) atoms. The molecule has 2 aromatic carbocycles. The van der Waals surface area contributed by atoms with Crippen molar-refractivity contribution in [1.29, 1.82) is 0 Å². The molecule has 1 fully saturated rings. The van der Waals surface area contributed by atoms with E-state index in [1.807, 2.05) is 12.1 Å². The van der Waals surface area contributed by atoms with Gasteiger partial charge < -0.3 is 23.7 Å². The lowest BCUT2D eigenvalue weighted by Crippen LogP contribution is -2.40. The van der Waals surface area contributed by atoms with Crippen LogP contribution in [0.4, 0.5) is 5.13 Å². The van der Waals surface area contributed by atoms with Crippen molar-refractivity contribution in [2.75, 3.05) is 46.0 Å². The average molecular weight is 459 g/mol. The largest absolute Gasteiger partial charge is 0.497 e. The fourth-order valence-electron chi connectivity index (χ4n) is 3.56. The maximum absolute atomic E-state index is 13.2. The molecule has 1 atom stereocenters. The molecule has 9 heteroatoms. The number of thiazole rings is 1. The number of hydrogen-bond donors (Lipinski definition) is 0. The van der Waals surface area contributed by atoms with E-state index in [9.17, 15) is 4.79 Å². The summed E-state index contributed by atoms with van der Waals surface area (Å²) in [7, 11) is 4.81. The SMILES string of the molecule is COc1ccc(OCC(=O)N(CC2CCCO2)c2nc3c(OC)ccc(OC)c3s2)cc1. The molecule has 1 saturated heterocycles. The molecule has 0 bridgehead atoms.